The van der Waals surface area contributed by atoms with Crippen LogP contribution in [0.5, 0.6) is 0 Å². The van der Waals surface area contributed by atoms with Gasteiger partial charge in [0.1, 0.15) is 5.82 Å². The number of pyridine rings is 1. The molecule has 5 heterocycles. The summed E-state index contributed by atoms with van der Waals surface area (Å²) in [7, 11) is 0. The molecule has 0 amide bonds. The fraction of sp³-hybridized carbons (Fsp3) is 0.290. The monoisotopic (exact) mass is 641 g/mol. The molecule has 1 N–H and O–H groups in total. The first-order valence-corrected chi connectivity index (χ1v) is 14.4. The van der Waals surface area contributed by atoms with E-state index in [1.54, 1.807) is 35.0 Å². The van der Waals surface area contributed by atoms with Gasteiger partial charge in [-0.1, -0.05) is 12.1 Å². The third-order valence-electron chi connectivity index (χ3n) is 8.28. The Kier molecular flexibility index (Phi) is 7.42. The fourth-order valence-electron chi connectivity index (χ4n) is 6.16. The molecule has 0 unspecified atom stereocenters. The van der Waals surface area contributed by atoms with Crippen LogP contribution >= 0.6 is 0 Å². The zero-order valence-electron chi connectivity index (χ0n) is 23.9. The van der Waals surface area contributed by atoms with Gasteiger partial charge in [-0.15, -0.1) is 10.2 Å². The van der Waals surface area contributed by atoms with Crippen molar-refractivity contribution < 1.29 is 30.8 Å². The van der Waals surface area contributed by atoms with Gasteiger partial charge < -0.3 is 9.40 Å². The van der Waals surface area contributed by atoms with Crippen LogP contribution in [0.2, 0.25) is 0 Å². The summed E-state index contributed by atoms with van der Waals surface area (Å²) >= 11 is 0. The molecule has 0 atom stereocenters. The van der Waals surface area contributed by atoms with E-state index >= 15 is 4.39 Å². The number of hydrogen-bond acceptors (Lipinski definition) is 6. The Labute approximate surface area is 256 Å². The Balaban J connectivity index is 1.28. The van der Waals surface area contributed by atoms with E-state index in [1.807, 2.05) is 12.1 Å². The molecule has 238 valence electrons. The van der Waals surface area contributed by atoms with Crippen LogP contribution in [0.15, 0.2) is 70.1 Å². The number of H-pyrrole nitrogens is 1. The lowest BCUT2D eigenvalue weighted by Gasteiger charge is -2.32. The van der Waals surface area contributed by atoms with Crippen molar-refractivity contribution in [1.82, 2.24) is 34.2 Å². The third kappa shape index (κ3) is 5.55. The Morgan fingerprint density at radius 2 is 1.80 bits per heavy atom. The molecule has 6 aromatic rings. The van der Waals surface area contributed by atoms with Crippen LogP contribution in [0.4, 0.5) is 26.3 Å². The molecular formula is C31H25F6N7O2. The predicted molar refractivity (Wildman–Crippen MR) is 156 cm³/mol. The summed E-state index contributed by atoms with van der Waals surface area (Å²) in [6, 6.07) is 12.9. The second-order valence-corrected chi connectivity index (χ2v) is 11.2. The van der Waals surface area contributed by atoms with E-state index in [9.17, 15) is 26.7 Å². The Morgan fingerprint density at radius 3 is 2.50 bits per heavy atom. The van der Waals surface area contributed by atoms with Crippen LogP contribution in [0.1, 0.15) is 36.9 Å². The van der Waals surface area contributed by atoms with Crippen LogP contribution in [0.3, 0.4) is 0 Å². The molecule has 9 nitrogen and oxygen atoms in total. The highest BCUT2D eigenvalue weighted by molar-refractivity contribution is 5.97. The van der Waals surface area contributed by atoms with Gasteiger partial charge >= 0.3 is 18.3 Å². The van der Waals surface area contributed by atoms with E-state index in [0.29, 0.717) is 35.1 Å². The first-order chi connectivity index (χ1) is 22.1. The maximum absolute atomic E-state index is 15.9. The molecule has 1 saturated heterocycles. The highest BCUT2D eigenvalue weighted by Crippen LogP contribution is 2.35. The van der Waals surface area contributed by atoms with Crippen molar-refractivity contribution >= 4 is 21.9 Å². The number of fused-ring (bicyclic) bond motifs is 2. The minimum atomic E-state index is -4.33. The SMILES string of the molecule is O=c1n(Cc2ccc(-c3nnc(C(F)F)o3)cn2)c2cc(F)c(-c3cccc4[nH]ccc34)cc2n1C1CCN(CC(F)(F)F)CC1. The number of halogens is 6. The highest BCUT2D eigenvalue weighted by atomic mass is 19.4. The summed E-state index contributed by atoms with van der Waals surface area (Å²) in [4.78, 5) is 22.8. The van der Waals surface area contributed by atoms with Crippen LogP contribution in [0.25, 0.3) is 44.5 Å². The molecule has 2 aromatic carbocycles. The molecule has 0 radical (unpaired) electrons. The minimum Gasteiger partial charge on any atom is -0.415 e. The third-order valence-corrected chi connectivity index (χ3v) is 8.28. The topological polar surface area (TPSA) is 97.8 Å². The molecule has 1 fully saturated rings. The van der Waals surface area contributed by atoms with Crippen LogP contribution < -0.4 is 5.69 Å². The van der Waals surface area contributed by atoms with Crippen molar-refractivity contribution in [2.24, 2.45) is 0 Å². The van der Waals surface area contributed by atoms with E-state index < -0.39 is 42.6 Å². The number of alkyl halides is 5. The molecule has 7 rings (SSSR count). The molecular weight excluding hydrogens is 616 g/mol. The van der Waals surface area contributed by atoms with E-state index in [4.69, 9.17) is 4.42 Å². The minimum absolute atomic E-state index is 0.0617. The van der Waals surface area contributed by atoms with Gasteiger partial charge in [-0.05, 0) is 48.7 Å². The second-order valence-electron chi connectivity index (χ2n) is 11.2. The Bertz CT molecular complexity index is 2090. The molecule has 0 spiro atoms. The molecule has 0 aliphatic carbocycles. The van der Waals surface area contributed by atoms with Gasteiger partial charge in [0.15, 0.2) is 0 Å². The van der Waals surface area contributed by atoms with Gasteiger partial charge in [-0.25, -0.2) is 9.18 Å². The lowest BCUT2D eigenvalue weighted by atomic mass is 10.00. The number of aromatic amines is 1. The quantitative estimate of drug-likeness (QED) is 0.195. The number of imidazole rings is 1. The van der Waals surface area contributed by atoms with E-state index in [0.717, 1.165) is 10.9 Å². The number of nitrogens with zero attached hydrogens (tertiary/aromatic N) is 6. The standard InChI is InChI=1S/C31H25F6N7O2/c32-23-13-25-26(12-22(23)20-2-1-3-24-21(20)6-9-38-24)44(19-7-10-42(11-8-19)16-31(35,36)37)30(45)43(25)15-18-5-4-17(14-39-18)28-40-41-29(46-28)27(33)34/h1-6,9,12-14,19,27,38H,7-8,10-11,15-16H2. The normalized spacial score (nSPS) is 15.1. The molecule has 4 aromatic heterocycles. The van der Waals surface area contributed by atoms with Crippen molar-refractivity contribution in [3.63, 3.8) is 0 Å². The van der Waals surface area contributed by atoms with Gasteiger partial charge in [0.25, 0.3) is 5.89 Å². The Hall–Kier alpha value is -4.92. The van der Waals surface area contributed by atoms with Crippen molar-refractivity contribution in [3.8, 4) is 22.6 Å². The average Bonchev–Trinajstić information content (AvgIpc) is 3.76. The first kappa shape index (κ1) is 29.8. The maximum atomic E-state index is 15.9. The largest absolute Gasteiger partial charge is 0.415 e. The van der Waals surface area contributed by atoms with Gasteiger partial charge in [0.05, 0.1) is 35.4 Å². The number of nitrogens with one attached hydrogen (secondary N) is 1. The molecule has 46 heavy (non-hydrogen) atoms. The van der Waals surface area contributed by atoms with Crippen LogP contribution in [-0.4, -0.2) is 60.0 Å². The zero-order valence-corrected chi connectivity index (χ0v) is 23.9. The lowest BCUT2D eigenvalue weighted by Crippen LogP contribution is -2.42. The fourth-order valence-corrected chi connectivity index (χ4v) is 6.16. The summed E-state index contributed by atoms with van der Waals surface area (Å²) in [5, 5.41) is 7.71. The summed E-state index contributed by atoms with van der Waals surface area (Å²) in [6.07, 6.45) is -3.57. The van der Waals surface area contributed by atoms with E-state index in [-0.39, 0.29) is 36.7 Å². The molecule has 0 bridgehead atoms. The number of benzene rings is 2. The zero-order chi connectivity index (χ0) is 32.2. The van der Waals surface area contributed by atoms with Crippen molar-refractivity contribution in [3.05, 3.63) is 88.8 Å². The molecule has 0 saturated carbocycles. The summed E-state index contributed by atoms with van der Waals surface area (Å²) in [5.41, 5.74) is 2.70. The first-order valence-electron chi connectivity index (χ1n) is 14.4. The smallest absolute Gasteiger partial charge is 0.401 e. The van der Waals surface area contributed by atoms with E-state index in [2.05, 4.69) is 20.2 Å². The van der Waals surface area contributed by atoms with E-state index in [1.165, 1.54) is 27.8 Å². The second kappa shape index (κ2) is 11.5. The number of aromatic nitrogens is 6. The van der Waals surface area contributed by atoms with Gasteiger partial charge in [-0.2, -0.15) is 22.0 Å². The number of hydrogen-bond donors (Lipinski definition) is 1. The van der Waals surface area contributed by atoms with Crippen molar-refractivity contribution in [1.29, 1.82) is 0 Å². The van der Waals surface area contributed by atoms with Crippen LogP contribution in [0, 0.1) is 5.82 Å². The molecule has 1 aliphatic rings. The van der Waals surface area contributed by atoms with Gasteiger partial charge in [0.2, 0.25) is 5.89 Å². The summed E-state index contributed by atoms with van der Waals surface area (Å²) in [5.74, 6) is -1.52. The average molecular weight is 642 g/mol. The van der Waals surface area contributed by atoms with Gasteiger partial charge in [0, 0.05) is 54.1 Å². The maximum Gasteiger partial charge on any atom is 0.401 e. The molecule has 15 heteroatoms. The van der Waals surface area contributed by atoms with Gasteiger partial charge in [-0.3, -0.25) is 19.0 Å². The predicted octanol–water partition coefficient (Wildman–Crippen LogP) is 6.72. The van der Waals surface area contributed by atoms with Crippen molar-refractivity contribution in [2.45, 2.75) is 38.0 Å². The number of rotatable bonds is 7. The Morgan fingerprint density at radius 1 is 1.00 bits per heavy atom. The van der Waals surface area contributed by atoms with Crippen molar-refractivity contribution in [2.75, 3.05) is 19.6 Å². The lowest BCUT2D eigenvalue weighted by molar-refractivity contribution is -0.148. The molecule has 1 aliphatic heterocycles. The summed E-state index contributed by atoms with van der Waals surface area (Å²) in [6.45, 7) is -0.799. The number of piperidine rings is 1. The van der Waals surface area contributed by atoms with Crippen LogP contribution in [-0.2, 0) is 6.54 Å². The number of likely N-dealkylation sites (tertiary alicyclic amines) is 1. The highest BCUT2D eigenvalue weighted by Gasteiger charge is 2.34. The summed E-state index contributed by atoms with van der Waals surface area (Å²) < 4.78 is 88.7.